The van der Waals surface area contributed by atoms with Crippen molar-refractivity contribution in [3.8, 4) is 5.75 Å². The standard InChI is InChI=1S/C27H25NO7S/c1-5-34-21-11-13-22(14-12-21)36(31,32)28(26(29)19-8-6-17(2)7-9-19)20-10-15-24-23(16-20)25(18(3)35-24)27(30)33-4/h6-16H,5H2,1-4H3. The van der Waals surface area contributed by atoms with Crippen molar-refractivity contribution in [3.05, 3.63) is 89.2 Å². The fourth-order valence-corrected chi connectivity index (χ4v) is 5.25. The fourth-order valence-electron chi connectivity index (χ4n) is 3.85. The molecule has 9 heteroatoms. The van der Waals surface area contributed by atoms with Crippen molar-refractivity contribution in [1.82, 2.24) is 0 Å². The van der Waals surface area contributed by atoms with Gasteiger partial charge in [0, 0.05) is 10.9 Å². The number of methoxy groups -OCH3 is 1. The first-order valence-corrected chi connectivity index (χ1v) is 12.6. The quantitative estimate of drug-likeness (QED) is 0.314. The van der Waals surface area contributed by atoms with Crippen molar-refractivity contribution < 1.29 is 31.9 Å². The molecule has 0 atom stereocenters. The van der Waals surface area contributed by atoms with Gasteiger partial charge in [0.1, 0.15) is 22.7 Å². The lowest BCUT2D eigenvalue weighted by atomic mass is 10.1. The summed E-state index contributed by atoms with van der Waals surface area (Å²) in [6.45, 7) is 5.73. The molecule has 0 aliphatic rings. The molecule has 8 nitrogen and oxygen atoms in total. The average molecular weight is 508 g/mol. The number of benzene rings is 3. The number of anilines is 1. The van der Waals surface area contributed by atoms with E-state index in [-0.39, 0.29) is 21.7 Å². The third-order valence-corrected chi connectivity index (χ3v) is 7.35. The summed E-state index contributed by atoms with van der Waals surface area (Å²) < 4.78 is 44.4. The molecule has 1 heterocycles. The summed E-state index contributed by atoms with van der Waals surface area (Å²) in [6, 6.07) is 16.9. The monoisotopic (exact) mass is 507 g/mol. The zero-order valence-electron chi connectivity index (χ0n) is 20.3. The number of amides is 1. The van der Waals surface area contributed by atoms with Crippen LogP contribution in [0.2, 0.25) is 0 Å². The van der Waals surface area contributed by atoms with Gasteiger partial charge in [-0.25, -0.2) is 13.2 Å². The van der Waals surface area contributed by atoms with Crippen molar-refractivity contribution in [2.45, 2.75) is 25.7 Å². The maximum Gasteiger partial charge on any atom is 0.342 e. The predicted octanol–water partition coefficient (Wildman–Crippen LogP) is 5.27. The van der Waals surface area contributed by atoms with Crippen LogP contribution < -0.4 is 9.04 Å². The molecule has 0 radical (unpaired) electrons. The highest BCUT2D eigenvalue weighted by Crippen LogP contribution is 2.33. The highest BCUT2D eigenvalue weighted by Gasteiger charge is 2.33. The van der Waals surface area contributed by atoms with Crippen LogP contribution in [-0.2, 0) is 14.8 Å². The molecule has 4 rings (SSSR count). The van der Waals surface area contributed by atoms with E-state index in [0.29, 0.717) is 29.1 Å². The molecule has 1 aromatic heterocycles. The summed E-state index contributed by atoms with van der Waals surface area (Å²) >= 11 is 0. The maximum absolute atomic E-state index is 13.8. The van der Waals surface area contributed by atoms with Gasteiger partial charge in [-0.3, -0.25) is 4.79 Å². The number of rotatable bonds is 7. The Morgan fingerprint density at radius 1 is 0.944 bits per heavy atom. The Hall–Kier alpha value is -4.11. The highest BCUT2D eigenvalue weighted by atomic mass is 32.2. The van der Waals surface area contributed by atoms with Gasteiger partial charge < -0.3 is 13.9 Å². The Balaban J connectivity index is 1.91. The van der Waals surface area contributed by atoms with Crippen LogP contribution in [-0.4, -0.2) is 34.0 Å². The predicted molar refractivity (Wildman–Crippen MR) is 135 cm³/mol. The number of ether oxygens (including phenoxy) is 2. The summed E-state index contributed by atoms with van der Waals surface area (Å²) in [6.07, 6.45) is 0. The van der Waals surface area contributed by atoms with Crippen molar-refractivity contribution in [2.75, 3.05) is 18.0 Å². The second kappa shape index (κ2) is 9.87. The minimum Gasteiger partial charge on any atom is -0.494 e. The lowest BCUT2D eigenvalue weighted by Crippen LogP contribution is -2.37. The Bertz CT molecular complexity index is 1540. The number of aryl methyl sites for hydroxylation is 2. The first-order chi connectivity index (χ1) is 17.2. The number of hydrogen-bond acceptors (Lipinski definition) is 7. The minimum atomic E-state index is -4.36. The van der Waals surface area contributed by atoms with Gasteiger partial charge in [0.05, 0.1) is 24.3 Å². The van der Waals surface area contributed by atoms with E-state index in [0.717, 1.165) is 9.87 Å². The SMILES string of the molecule is CCOc1ccc(S(=O)(=O)N(C(=O)c2ccc(C)cc2)c2ccc3oc(C)c(C(=O)OC)c3c2)cc1. The van der Waals surface area contributed by atoms with Crippen LogP contribution in [0, 0.1) is 13.8 Å². The second-order valence-corrected chi connectivity index (χ2v) is 9.84. The van der Waals surface area contributed by atoms with Crippen molar-refractivity contribution in [3.63, 3.8) is 0 Å². The molecular formula is C27H25NO7S. The summed E-state index contributed by atoms with van der Waals surface area (Å²) in [5.74, 6) is -0.553. The number of sulfonamides is 1. The highest BCUT2D eigenvalue weighted by molar-refractivity contribution is 7.93. The molecule has 0 aliphatic carbocycles. The topological polar surface area (TPSA) is 103 Å². The molecule has 0 fully saturated rings. The summed E-state index contributed by atoms with van der Waals surface area (Å²) in [5.41, 5.74) is 1.68. The molecule has 4 aromatic rings. The van der Waals surface area contributed by atoms with E-state index in [4.69, 9.17) is 13.9 Å². The fraction of sp³-hybridized carbons (Fsp3) is 0.185. The minimum absolute atomic E-state index is 0.0490. The van der Waals surface area contributed by atoms with Crippen LogP contribution in [0.15, 0.2) is 76.0 Å². The number of furan rings is 1. The van der Waals surface area contributed by atoms with Gasteiger partial charge in [0.25, 0.3) is 15.9 Å². The molecule has 0 aliphatic heterocycles. The van der Waals surface area contributed by atoms with Crippen LogP contribution in [0.25, 0.3) is 11.0 Å². The van der Waals surface area contributed by atoms with Gasteiger partial charge in [-0.2, -0.15) is 4.31 Å². The van der Waals surface area contributed by atoms with Crippen molar-refractivity contribution in [1.29, 1.82) is 0 Å². The third-order valence-electron chi connectivity index (χ3n) is 5.63. The van der Waals surface area contributed by atoms with Crippen LogP contribution in [0.5, 0.6) is 5.75 Å². The van der Waals surface area contributed by atoms with Gasteiger partial charge in [0.15, 0.2) is 0 Å². The van der Waals surface area contributed by atoms with Crippen LogP contribution in [0.4, 0.5) is 5.69 Å². The molecule has 0 spiro atoms. The van der Waals surface area contributed by atoms with E-state index in [9.17, 15) is 18.0 Å². The molecule has 0 bridgehead atoms. The Morgan fingerprint density at radius 2 is 1.61 bits per heavy atom. The molecule has 0 unspecified atom stereocenters. The summed E-state index contributed by atoms with van der Waals surface area (Å²) in [5, 5.41) is 0.334. The maximum atomic E-state index is 13.8. The van der Waals surface area contributed by atoms with Crippen LogP contribution in [0.3, 0.4) is 0 Å². The molecule has 0 saturated heterocycles. The molecule has 0 saturated carbocycles. The van der Waals surface area contributed by atoms with E-state index in [2.05, 4.69) is 0 Å². The largest absolute Gasteiger partial charge is 0.494 e. The molecular weight excluding hydrogens is 482 g/mol. The Labute approximate surface area is 209 Å². The van der Waals surface area contributed by atoms with E-state index >= 15 is 0 Å². The van der Waals surface area contributed by atoms with E-state index < -0.39 is 21.9 Å². The Morgan fingerprint density at radius 3 is 2.22 bits per heavy atom. The molecule has 1 amide bonds. The summed E-state index contributed by atoms with van der Waals surface area (Å²) in [7, 11) is -3.12. The number of hydrogen-bond donors (Lipinski definition) is 0. The normalized spacial score (nSPS) is 11.3. The van der Waals surface area contributed by atoms with Gasteiger partial charge in [-0.15, -0.1) is 0 Å². The van der Waals surface area contributed by atoms with Crippen molar-refractivity contribution >= 4 is 38.6 Å². The lowest BCUT2D eigenvalue weighted by molar-refractivity contribution is 0.0600. The third kappa shape index (κ3) is 4.57. The van der Waals surface area contributed by atoms with E-state index in [1.807, 2.05) is 13.8 Å². The van der Waals surface area contributed by atoms with E-state index in [1.165, 1.54) is 49.6 Å². The molecule has 0 N–H and O–H groups in total. The number of carbonyl (C=O) groups excluding carboxylic acids is 2. The number of esters is 1. The molecule has 3 aromatic carbocycles. The summed E-state index contributed by atoms with van der Waals surface area (Å²) in [4.78, 5) is 26.0. The van der Waals surface area contributed by atoms with Gasteiger partial charge in [-0.05, 0) is 75.4 Å². The first-order valence-electron chi connectivity index (χ1n) is 11.2. The lowest BCUT2D eigenvalue weighted by Gasteiger charge is -2.23. The molecule has 36 heavy (non-hydrogen) atoms. The van der Waals surface area contributed by atoms with E-state index in [1.54, 1.807) is 31.2 Å². The smallest absolute Gasteiger partial charge is 0.342 e. The Kier molecular flexibility index (Phi) is 6.85. The first kappa shape index (κ1) is 25.0. The number of carbonyl (C=O) groups is 2. The van der Waals surface area contributed by atoms with Crippen LogP contribution in [0.1, 0.15) is 39.0 Å². The van der Waals surface area contributed by atoms with Gasteiger partial charge in [-0.1, -0.05) is 17.7 Å². The van der Waals surface area contributed by atoms with Crippen molar-refractivity contribution in [2.24, 2.45) is 0 Å². The zero-order chi connectivity index (χ0) is 26.0. The van der Waals surface area contributed by atoms with Gasteiger partial charge >= 0.3 is 5.97 Å². The number of fused-ring (bicyclic) bond motifs is 1. The van der Waals surface area contributed by atoms with Crippen LogP contribution >= 0.6 is 0 Å². The second-order valence-electron chi connectivity index (χ2n) is 8.05. The number of nitrogens with zero attached hydrogens (tertiary/aromatic N) is 1. The molecule has 186 valence electrons. The average Bonchev–Trinajstić information content (AvgIpc) is 3.19. The zero-order valence-corrected chi connectivity index (χ0v) is 21.1. The van der Waals surface area contributed by atoms with Gasteiger partial charge in [0.2, 0.25) is 0 Å².